The molecule has 0 bridgehead atoms. The van der Waals surface area contributed by atoms with Crippen LogP contribution < -0.4 is 16.8 Å². The summed E-state index contributed by atoms with van der Waals surface area (Å²) in [6.45, 7) is 1.70. The minimum absolute atomic E-state index is 0. The highest BCUT2D eigenvalue weighted by Gasteiger charge is 2.28. The first-order valence-corrected chi connectivity index (χ1v) is 7.32. The Hall–Kier alpha value is -1.57. The molecule has 0 spiro atoms. The molecule has 2 heterocycles. The van der Waals surface area contributed by atoms with Gasteiger partial charge in [-0.3, -0.25) is 4.68 Å². The minimum atomic E-state index is 0. The lowest BCUT2D eigenvalue weighted by Gasteiger charge is -2.32. The van der Waals surface area contributed by atoms with E-state index in [1.165, 1.54) is 0 Å². The molecule has 23 heavy (non-hydrogen) atoms. The fraction of sp³-hybridized carbons (Fsp3) is 0.500. The largest absolute Gasteiger partial charge is 0.370 e. The minimum Gasteiger partial charge on any atom is -0.370 e. The molecule has 0 aliphatic heterocycles. The molecule has 1 fully saturated rings. The molecule has 5 N–H and O–H groups in total. The van der Waals surface area contributed by atoms with Gasteiger partial charge >= 0.3 is 0 Å². The Morgan fingerprint density at radius 2 is 2.04 bits per heavy atom. The van der Waals surface area contributed by atoms with E-state index in [1.54, 1.807) is 6.20 Å². The molecular formula is C14H23Cl2N7. The van der Waals surface area contributed by atoms with Gasteiger partial charge in [0.2, 0.25) is 5.95 Å². The molecule has 2 aromatic rings. The highest BCUT2D eigenvalue weighted by atomic mass is 35.5. The van der Waals surface area contributed by atoms with Crippen LogP contribution in [0.2, 0.25) is 0 Å². The summed E-state index contributed by atoms with van der Waals surface area (Å²) in [5, 5.41) is 7.47. The summed E-state index contributed by atoms with van der Waals surface area (Å²) < 4.78 is 1.91. The maximum atomic E-state index is 5.83. The second-order valence-electron chi connectivity index (χ2n) is 5.51. The average Bonchev–Trinajstić information content (AvgIpc) is 2.93. The maximum absolute atomic E-state index is 5.83. The fourth-order valence-electron chi connectivity index (χ4n) is 2.58. The third-order valence-corrected chi connectivity index (χ3v) is 3.79. The predicted octanol–water partition coefficient (Wildman–Crippen LogP) is 1.81. The number of rotatable bonds is 6. The van der Waals surface area contributed by atoms with E-state index in [1.807, 2.05) is 23.0 Å². The molecule has 0 saturated heterocycles. The first kappa shape index (κ1) is 19.5. The van der Waals surface area contributed by atoms with Crippen LogP contribution in [-0.4, -0.2) is 32.3 Å². The molecule has 0 aromatic carbocycles. The van der Waals surface area contributed by atoms with Crippen LogP contribution in [0, 0.1) is 0 Å². The quantitative estimate of drug-likeness (QED) is 0.678. The summed E-state index contributed by atoms with van der Waals surface area (Å²) in [6.07, 6.45) is 6.67. The first-order valence-electron chi connectivity index (χ1n) is 7.32. The number of nitrogen functional groups attached to an aromatic ring is 1. The molecule has 1 aliphatic carbocycles. The lowest BCUT2D eigenvalue weighted by Crippen LogP contribution is -2.35. The molecule has 2 aromatic heterocycles. The summed E-state index contributed by atoms with van der Waals surface area (Å²) in [5.74, 6) is 1.54. The molecule has 1 saturated carbocycles. The Morgan fingerprint density at radius 3 is 2.70 bits per heavy atom. The van der Waals surface area contributed by atoms with Crippen molar-refractivity contribution in [1.29, 1.82) is 0 Å². The zero-order valence-corrected chi connectivity index (χ0v) is 14.4. The SMILES string of the molecule is Cl.Cl.Nc1nc(NCCCn2cccn2)cc(C2CC(N)C2)n1. The Bertz CT molecular complexity index is 585. The van der Waals surface area contributed by atoms with Gasteiger partial charge in [-0.1, -0.05) is 0 Å². The molecule has 0 amide bonds. The Balaban J connectivity index is 0.00000132. The van der Waals surface area contributed by atoms with Crippen molar-refractivity contribution in [1.82, 2.24) is 19.7 Å². The van der Waals surface area contributed by atoms with Crippen LogP contribution in [0.15, 0.2) is 24.5 Å². The number of nitrogens with one attached hydrogen (secondary N) is 1. The number of hydrogen-bond acceptors (Lipinski definition) is 6. The zero-order chi connectivity index (χ0) is 14.7. The van der Waals surface area contributed by atoms with Gasteiger partial charge in [0, 0.05) is 43.5 Å². The van der Waals surface area contributed by atoms with Crippen molar-refractivity contribution in [3.8, 4) is 0 Å². The van der Waals surface area contributed by atoms with Crippen molar-refractivity contribution in [2.75, 3.05) is 17.6 Å². The molecule has 3 rings (SSSR count). The first-order chi connectivity index (χ1) is 10.2. The fourth-order valence-corrected chi connectivity index (χ4v) is 2.58. The van der Waals surface area contributed by atoms with Crippen molar-refractivity contribution in [2.24, 2.45) is 5.73 Å². The van der Waals surface area contributed by atoms with E-state index in [-0.39, 0.29) is 24.8 Å². The molecule has 7 nitrogen and oxygen atoms in total. The van der Waals surface area contributed by atoms with E-state index in [4.69, 9.17) is 11.5 Å². The molecular weight excluding hydrogens is 337 g/mol. The lowest BCUT2D eigenvalue weighted by atomic mass is 9.78. The summed E-state index contributed by atoms with van der Waals surface area (Å²) >= 11 is 0. The number of nitrogens with two attached hydrogens (primary N) is 2. The third-order valence-electron chi connectivity index (χ3n) is 3.79. The van der Waals surface area contributed by atoms with Gasteiger partial charge in [0.15, 0.2) is 0 Å². The number of aromatic nitrogens is 4. The smallest absolute Gasteiger partial charge is 0.222 e. The molecule has 0 radical (unpaired) electrons. The predicted molar refractivity (Wildman–Crippen MR) is 96.2 cm³/mol. The monoisotopic (exact) mass is 359 g/mol. The van der Waals surface area contributed by atoms with Crippen LogP contribution in [0.4, 0.5) is 11.8 Å². The molecule has 0 atom stereocenters. The van der Waals surface area contributed by atoms with E-state index in [2.05, 4.69) is 20.4 Å². The van der Waals surface area contributed by atoms with E-state index >= 15 is 0 Å². The van der Waals surface area contributed by atoms with Gasteiger partial charge in [-0.05, 0) is 25.3 Å². The van der Waals surface area contributed by atoms with Gasteiger partial charge in [-0.25, -0.2) is 4.98 Å². The number of hydrogen-bond donors (Lipinski definition) is 3. The number of aryl methyl sites for hydroxylation is 1. The van der Waals surface area contributed by atoms with E-state index in [0.29, 0.717) is 17.9 Å². The van der Waals surface area contributed by atoms with Crippen molar-refractivity contribution in [3.63, 3.8) is 0 Å². The summed E-state index contributed by atoms with van der Waals surface area (Å²) in [6, 6.07) is 4.21. The van der Waals surface area contributed by atoms with Crippen LogP contribution in [0.1, 0.15) is 30.9 Å². The van der Waals surface area contributed by atoms with Crippen LogP contribution in [-0.2, 0) is 6.54 Å². The van der Waals surface area contributed by atoms with E-state index < -0.39 is 0 Å². The summed E-state index contributed by atoms with van der Waals surface area (Å²) in [5.41, 5.74) is 12.6. The van der Waals surface area contributed by atoms with Crippen LogP contribution in [0.3, 0.4) is 0 Å². The Morgan fingerprint density at radius 1 is 1.26 bits per heavy atom. The van der Waals surface area contributed by atoms with E-state index in [9.17, 15) is 0 Å². The highest BCUT2D eigenvalue weighted by Crippen LogP contribution is 2.35. The second-order valence-corrected chi connectivity index (χ2v) is 5.51. The normalized spacial score (nSPS) is 19.2. The van der Waals surface area contributed by atoms with Crippen molar-refractivity contribution < 1.29 is 0 Å². The van der Waals surface area contributed by atoms with E-state index in [0.717, 1.165) is 43.9 Å². The van der Waals surface area contributed by atoms with Gasteiger partial charge in [-0.2, -0.15) is 10.1 Å². The van der Waals surface area contributed by atoms with Crippen molar-refractivity contribution >= 4 is 36.6 Å². The Labute approximate surface area is 148 Å². The topological polar surface area (TPSA) is 108 Å². The van der Waals surface area contributed by atoms with Crippen LogP contribution >= 0.6 is 24.8 Å². The Kier molecular flexibility index (Phi) is 7.54. The molecule has 9 heteroatoms. The highest BCUT2D eigenvalue weighted by molar-refractivity contribution is 5.85. The number of halogens is 2. The molecule has 1 aliphatic rings. The lowest BCUT2D eigenvalue weighted by molar-refractivity contribution is 0.345. The number of anilines is 2. The van der Waals surface area contributed by atoms with Gasteiger partial charge < -0.3 is 16.8 Å². The van der Waals surface area contributed by atoms with Crippen LogP contribution in [0.5, 0.6) is 0 Å². The van der Waals surface area contributed by atoms with Gasteiger partial charge in [0.05, 0.1) is 5.69 Å². The maximum Gasteiger partial charge on any atom is 0.222 e. The van der Waals surface area contributed by atoms with Gasteiger partial charge in [0.25, 0.3) is 0 Å². The number of nitrogens with zero attached hydrogens (tertiary/aromatic N) is 4. The van der Waals surface area contributed by atoms with Gasteiger partial charge in [0.1, 0.15) is 5.82 Å². The third kappa shape index (κ3) is 5.23. The van der Waals surface area contributed by atoms with Crippen LogP contribution in [0.25, 0.3) is 0 Å². The van der Waals surface area contributed by atoms with Crippen molar-refractivity contribution in [3.05, 3.63) is 30.2 Å². The molecule has 128 valence electrons. The zero-order valence-electron chi connectivity index (χ0n) is 12.8. The van der Waals surface area contributed by atoms with Crippen molar-refractivity contribution in [2.45, 2.75) is 37.8 Å². The summed E-state index contributed by atoms with van der Waals surface area (Å²) in [4.78, 5) is 8.55. The summed E-state index contributed by atoms with van der Waals surface area (Å²) in [7, 11) is 0. The average molecular weight is 360 g/mol. The second kappa shape index (κ2) is 8.90. The van der Waals surface area contributed by atoms with Gasteiger partial charge in [-0.15, -0.1) is 24.8 Å². The molecule has 0 unspecified atom stereocenters. The standard InChI is InChI=1S/C14H21N7.2ClH/c15-11-7-10(8-11)12-9-13(20-14(16)19-12)17-3-1-5-21-6-2-4-18-21;;/h2,4,6,9-11H,1,3,5,7-8,15H2,(H3,16,17,19,20);2*1H.